The summed E-state index contributed by atoms with van der Waals surface area (Å²) >= 11 is 0. The predicted octanol–water partition coefficient (Wildman–Crippen LogP) is 6.40. The van der Waals surface area contributed by atoms with Crippen LogP contribution in [0.4, 0.5) is 0 Å². The Bertz CT molecular complexity index is 1120. The van der Waals surface area contributed by atoms with Gasteiger partial charge in [0.25, 0.3) is 0 Å². The minimum atomic E-state index is -0.657. The summed E-state index contributed by atoms with van der Waals surface area (Å²) in [5, 5.41) is 4.01. The zero-order chi connectivity index (χ0) is 20.1. The average Bonchev–Trinajstić information content (AvgIpc) is 2.81. The van der Waals surface area contributed by atoms with Gasteiger partial charge in [0.2, 0.25) is 0 Å². The van der Waals surface area contributed by atoms with Gasteiger partial charge < -0.3 is 0 Å². The molecule has 0 aliphatic heterocycles. The maximum absolute atomic E-state index is 4.04. The van der Waals surface area contributed by atoms with Crippen molar-refractivity contribution in [2.75, 3.05) is 0 Å². The van der Waals surface area contributed by atoms with E-state index in [1.54, 1.807) is 0 Å². The van der Waals surface area contributed by atoms with Crippen molar-refractivity contribution >= 4 is 36.0 Å². The SMILES string of the molecule is C=Cc1ccccc1-c1ccc(P(c2ccccc2)c2ccccc2C=C)cc1. The summed E-state index contributed by atoms with van der Waals surface area (Å²) in [7, 11) is -0.657. The van der Waals surface area contributed by atoms with Crippen LogP contribution in [0.25, 0.3) is 23.3 Å². The van der Waals surface area contributed by atoms with Crippen molar-refractivity contribution in [3.05, 3.63) is 127 Å². The molecule has 4 aromatic rings. The molecule has 0 amide bonds. The van der Waals surface area contributed by atoms with Gasteiger partial charge in [-0.2, -0.15) is 0 Å². The van der Waals surface area contributed by atoms with Gasteiger partial charge in [-0.05, 0) is 46.1 Å². The second kappa shape index (κ2) is 8.86. The summed E-state index contributed by atoms with van der Waals surface area (Å²) in [6.07, 6.45) is 3.88. The summed E-state index contributed by atoms with van der Waals surface area (Å²) in [5.74, 6) is 0. The van der Waals surface area contributed by atoms with Gasteiger partial charge >= 0.3 is 0 Å². The smallest absolute Gasteiger partial charge is 0.00789 e. The fourth-order valence-electron chi connectivity index (χ4n) is 3.60. The molecule has 0 aliphatic rings. The second-order valence-electron chi connectivity index (χ2n) is 6.77. The molecule has 0 saturated heterocycles. The molecule has 0 aromatic heterocycles. The van der Waals surface area contributed by atoms with Gasteiger partial charge in [0.1, 0.15) is 0 Å². The molecule has 0 N–H and O–H groups in total. The van der Waals surface area contributed by atoms with E-state index >= 15 is 0 Å². The van der Waals surface area contributed by atoms with E-state index in [0.29, 0.717) is 0 Å². The van der Waals surface area contributed by atoms with E-state index in [2.05, 4.69) is 116 Å². The quantitative estimate of drug-likeness (QED) is 0.334. The first-order chi connectivity index (χ1) is 14.3. The molecule has 140 valence electrons. The van der Waals surface area contributed by atoms with E-state index in [-0.39, 0.29) is 0 Å². The van der Waals surface area contributed by atoms with Gasteiger partial charge in [-0.3, -0.25) is 0 Å². The van der Waals surface area contributed by atoms with Crippen LogP contribution in [0.1, 0.15) is 11.1 Å². The molecule has 0 aliphatic carbocycles. The van der Waals surface area contributed by atoms with Crippen LogP contribution in [0.3, 0.4) is 0 Å². The van der Waals surface area contributed by atoms with Crippen molar-refractivity contribution in [1.29, 1.82) is 0 Å². The standard InChI is InChI=1S/C28H23P/c1-3-22-12-8-10-16-27(22)24-18-20-26(21-19-24)29(25-14-6-5-7-15-25)28-17-11-9-13-23(28)4-2/h3-21H,1-2H2. The molecule has 0 bridgehead atoms. The molecule has 0 spiro atoms. The molecule has 0 radical (unpaired) electrons. The van der Waals surface area contributed by atoms with Crippen LogP contribution < -0.4 is 15.9 Å². The summed E-state index contributed by atoms with van der Waals surface area (Å²) < 4.78 is 0. The van der Waals surface area contributed by atoms with Gasteiger partial charge in [0.05, 0.1) is 0 Å². The first-order valence-electron chi connectivity index (χ1n) is 9.70. The lowest BCUT2D eigenvalue weighted by atomic mass is 10.00. The number of rotatable bonds is 6. The van der Waals surface area contributed by atoms with Crippen LogP contribution >= 0.6 is 7.92 Å². The van der Waals surface area contributed by atoms with Crippen LogP contribution in [0.2, 0.25) is 0 Å². The Hall–Kier alpha value is -3.21. The Balaban J connectivity index is 1.82. The van der Waals surface area contributed by atoms with Gasteiger partial charge in [-0.15, -0.1) is 0 Å². The Morgan fingerprint density at radius 2 is 1.07 bits per heavy atom. The molecule has 1 heteroatoms. The highest BCUT2D eigenvalue weighted by atomic mass is 31.1. The largest absolute Gasteiger partial charge is 0.0984 e. The second-order valence-corrected chi connectivity index (χ2v) is 8.96. The van der Waals surface area contributed by atoms with Crippen LogP contribution in [-0.4, -0.2) is 0 Å². The molecule has 0 nitrogen and oxygen atoms in total. The van der Waals surface area contributed by atoms with Crippen LogP contribution in [0.5, 0.6) is 0 Å². The van der Waals surface area contributed by atoms with Gasteiger partial charge in [0.15, 0.2) is 0 Å². The molecule has 4 aromatic carbocycles. The van der Waals surface area contributed by atoms with Crippen LogP contribution in [0.15, 0.2) is 116 Å². The fourth-order valence-corrected chi connectivity index (χ4v) is 6.03. The van der Waals surface area contributed by atoms with Crippen molar-refractivity contribution in [3.63, 3.8) is 0 Å². The van der Waals surface area contributed by atoms with Gasteiger partial charge in [-0.25, -0.2) is 0 Å². The Morgan fingerprint density at radius 3 is 1.76 bits per heavy atom. The Labute approximate surface area is 174 Å². The lowest BCUT2D eigenvalue weighted by Gasteiger charge is -2.21. The van der Waals surface area contributed by atoms with Gasteiger partial charge in [0, 0.05) is 0 Å². The first kappa shape index (κ1) is 19.1. The lowest BCUT2D eigenvalue weighted by molar-refractivity contribution is 1.60. The maximum Gasteiger partial charge on any atom is -0.00789 e. The summed E-state index contributed by atoms with van der Waals surface area (Å²) in [4.78, 5) is 0. The molecule has 0 fully saturated rings. The van der Waals surface area contributed by atoms with Crippen molar-refractivity contribution in [2.45, 2.75) is 0 Å². The van der Waals surface area contributed by atoms with E-state index in [0.717, 1.165) is 5.56 Å². The normalized spacial score (nSPS) is 11.6. The van der Waals surface area contributed by atoms with Crippen molar-refractivity contribution in [3.8, 4) is 11.1 Å². The number of benzene rings is 4. The monoisotopic (exact) mass is 390 g/mol. The summed E-state index contributed by atoms with van der Waals surface area (Å²) in [5.41, 5.74) is 4.78. The molecule has 1 atom stereocenters. The lowest BCUT2D eigenvalue weighted by Crippen LogP contribution is -2.22. The highest BCUT2D eigenvalue weighted by Crippen LogP contribution is 2.35. The first-order valence-corrected chi connectivity index (χ1v) is 11.0. The van der Waals surface area contributed by atoms with Crippen molar-refractivity contribution in [1.82, 2.24) is 0 Å². The minimum Gasteiger partial charge on any atom is -0.0984 e. The third-order valence-electron chi connectivity index (χ3n) is 5.03. The molecular weight excluding hydrogens is 367 g/mol. The van der Waals surface area contributed by atoms with Crippen LogP contribution in [0, 0.1) is 0 Å². The number of hydrogen-bond acceptors (Lipinski definition) is 0. The van der Waals surface area contributed by atoms with E-state index in [4.69, 9.17) is 0 Å². The Kier molecular flexibility index (Phi) is 5.84. The maximum atomic E-state index is 4.04. The minimum absolute atomic E-state index is 0.657. The third kappa shape index (κ3) is 3.99. The van der Waals surface area contributed by atoms with E-state index in [1.165, 1.54) is 32.6 Å². The Morgan fingerprint density at radius 1 is 0.517 bits per heavy atom. The molecule has 0 saturated carbocycles. The molecule has 0 heterocycles. The topological polar surface area (TPSA) is 0 Å². The summed E-state index contributed by atoms with van der Waals surface area (Å²) in [6, 6.07) is 36.7. The molecule has 1 unspecified atom stereocenters. The van der Waals surface area contributed by atoms with E-state index in [9.17, 15) is 0 Å². The number of hydrogen-bond donors (Lipinski definition) is 0. The average molecular weight is 390 g/mol. The molecule has 29 heavy (non-hydrogen) atoms. The predicted molar refractivity (Wildman–Crippen MR) is 131 cm³/mol. The van der Waals surface area contributed by atoms with Crippen molar-refractivity contribution in [2.24, 2.45) is 0 Å². The highest BCUT2D eigenvalue weighted by molar-refractivity contribution is 7.80. The fraction of sp³-hybridized carbons (Fsp3) is 0. The molecular formula is C28H23P. The highest BCUT2D eigenvalue weighted by Gasteiger charge is 2.18. The zero-order valence-electron chi connectivity index (χ0n) is 16.3. The van der Waals surface area contributed by atoms with E-state index in [1.807, 2.05) is 12.2 Å². The van der Waals surface area contributed by atoms with E-state index < -0.39 is 7.92 Å². The van der Waals surface area contributed by atoms with Crippen LogP contribution in [-0.2, 0) is 0 Å². The van der Waals surface area contributed by atoms with Gasteiger partial charge in [-0.1, -0.05) is 128 Å². The van der Waals surface area contributed by atoms with Crippen molar-refractivity contribution < 1.29 is 0 Å². The zero-order valence-corrected chi connectivity index (χ0v) is 17.2. The molecule has 4 rings (SSSR count). The summed E-state index contributed by atoms with van der Waals surface area (Å²) in [6.45, 7) is 7.99. The third-order valence-corrected chi connectivity index (χ3v) is 7.55.